The Balaban J connectivity index is 1.19. The van der Waals surface area contributed by atoms with E-state index in [0.29, 0.717) is 0 Å². The highest BCUT2D eigenvalue weighted by atomic mass is 32.1. The highest BCUT2D eigenvalue weighted by Crippen LogP contribution is 2.56. The number of rotatable bonds is 5. The third kappa shape index (κ3) is 4.44. The SMILES string of the molecule is CC1(c2ccc(N(c3ccc(-c4ccccc4)cc3)c3ccc4sc5ccccc5c4c3)c3c2oc2ccccc23)c2ccccc2-c2ccccc21. The van der Waals surface area contributed by atoms with Gasteiger partial charge < -0.3 is 9.32 Å². The molecule has 0 bridgehead atoms. The molecule has 0 N–H and O–H groups in total. The first-order valence-electron chi connectivity index (χ1n) is 18.2. The van der Waals surface area contributed by atoms with E-state index in [1.807, 2.05) is 11.3 Å². The molecule has 250 valence electrons. The monoisotopic (exact) mass is 695 g/mol. The van der Waals surface area contributed by atoms with Crippen molar-refractivity contribution in [2.75, 3.05) is 4.90 Å². The minimum atomic E-state index is -0.408. The van der Waals surface area contributed by atoms with Gasteiger partial charge in [0.1, 0.15) is 11.2 Å². The van der Waals surface area contributed by atoms with Crippen molar-refractivity contribution < 1.29 is 4.42 Å². The molecule has 2 nitrogen and oxygen atoms in total. The topological polar surface area (TPSA) is 16.4 Å². The van der Waals surface area contributed by atoms with E-state index in [1.54, 1.807) is 0 Å². The van der Waals surface area contributed by atoms with Gasteiger partial charge in [-0.25, -0.2) is 0 Å². The Morgan fingerprint density at radius 1 is 0.472 bits per heavy atom. The van der Waals surface area contributed by atoms with Gasteiger partial charge in [-0.3, -0.25) is 0 Å². The van der Waals surface area contributed by atoms with Crippen LogP contribution >= 0.6 is 11.3 Å². The summed E-state index contributed by atoms with van der Waals surface area (Å²) in [6.45, 7) is 2.37. The van der Waals surface area contributed by atoms with Gasteiger partial charge in [0.25, 0.3) is 0 Å². The van der Waals surface area contributed by atoms with Crippen molar-refractivity contribution in [1.29, 1.82) is 0 Å². The van der Waals surface area contributed by atoms with Crippen LogP contribution in [0.15, 0.2) is 186 Å². The lowest BCUT2D eigenvalue weighted by Crippen LogP contribution is -2.23. The number of anilines is 3. The van der Waals surface area contributed by atoms with E-state index < -0.39 is 5.41 Å². The van der Waals surface area contributed by atoms with Crippen LogP contribution in [-0.4, -0.2) is 0 Å². The lowest BCUT2D eigenvalue weighted by Gasteiger charge is -2.31. The first-order chi connectivity index (χ1) is 26.2. The van der Waals surface area contributed by atoms with E-state index in [9.17, 15) is 0 Å². The Morgan fingerprint density at radius 2 is 1.08 bits per heavy atom. The maximum absolute atomic E-state index is 7.02. The Labute approximate surface area is 311 Å². The standard InChI is InChI=1S/C50H33NOS/c1-50(41-19-9-5-15-36(41)37-16-6-10-20-42(37)50)43-28-29-44(48-39-18-7-11-21-45(39)52-49(43)48)51(34-25-23-33(24-26-34)32-13-3-2-4-14-32)35-27-30-47-40(31-35)38-17-8-12-22-46(38)53-47/h2-31H,1H3. The van der Waals surface area contributed by atoms with Crippen molar-refractivity contribution in [2.45, 2.75) is 12.3 Å². The first kappa shape index (κ1) is 30.2. The first-order valence-corrected chi connectivity index (χ1v) is 19.0. The molecule has 1 aliphatic rings. The average molecular weight is 696 g/mol. The molecule has 53 heavy (non-hydrogen) atoms. The molecule has 2 heterocycles. The Hall–Kier alpha value is -6.42. The molecule has 2 aromatic heterocycles. The number of hydrogen-bond donors (Lipinski definition) is 0. The Kier molecular flexibility index (Phi) is 6.58. The summed E-state index contributed by atoms with van der Waals surface area (Å²) in [6, 6.07) is 66.1. The molecule has 0 radical (unpaired) electrons. The van der Waals surface area contributed by atoms with Crippen molar-refractivity contribution in [3.05, 3.63) is 199 Å². The summed E-state index contributed by atoms with van der Waals surface area (Å²) in [5.74, 6) is 0. The maximum atomic E-state index is 7.02. The normalized spacial score (nSPS) is 13.2. The number of fused-ring (bicyclic) bond motifs is 9. The van der Waals surface area contributed by atoms with Crippen LogP contribution in [0.3, 0.4) is 0 Å². The van der Waals surface area contributed by atoms with Crippen molar-refractivity contribution in [3.8, 4) is 22.3 Å². The molecule has 3 heteroatoms. The molecule has 11 rings (SSSR count). The smallest absolute Gasteiger partial charge is 0.141 e. The molecule has 8 aromatic carbocycles. The van der Waals surface area contributed by atoms with Crippen LogP contribution in [0.4, 0.5) is 17.1 Å². The van der Waals surface area contributed by atoms with Crippen LogP contribution in [0.2, 0.25) is 0 Å². The second kappa shape index (κ2) is 11.5. The molecule has 0 spiro atoms. The Bertz CT molecular complexity index is 2980. The number of thiophene rings is 1. The largest absolute Gasteiger partial charge is 0.456 e. The fraction of sp³-hybridized carbons (Fsp3) is 0.0400. The highest BCUT2D eigenvalue weighted by molar-refractivity contribution is 7.25. The van der Waals surface area contributed by atoms with Crippen LogP contribution in [-0.2, 0) is 5.41 Å². The van der Waals surface area contributed by atoms with Gasteiger partial charge in [-0.15, -0.1) is 11.3 Å². The van der Waals surface area contributed by atoms with E-state index in [4.69, 9.17) is 4.42 Å². The van der Waals surface area contributed by atoms with Crippen LogP contribution in [0.1, 0.15) is 23.6 Å². The molecular formula is C50H33NOS. The summed E-state index contributed by atoms with van der Waals surface area (Å²) in [4.78, 5) is 2.42. The van der Waals surface area contributed by atoms with Crippen LogP contribution in [0, 0.1) is 0 Å². The van der Waals surface area contributed by atoms with E-state index in [1.165, 1.54) is 59.1 Å². The second-order valence-electron chi connectivity index (χ2n) is 14.2. The van der Waals surface area contributed by atoms with Gasteiger partial charge in [0.2, 0.25) is 0 Å². The van der Waals surface area contributed by atoms with Crippen LogP contribution < -0.4 is 4.90 Å². The molecule has 0 saturated carbocycles. The lowest BCUT2D eigenvalue weighted by atomic mass is 9.73. The van der Waals surface area contributed by atoms with Gasteiger partial charge in [0.15, 0.2) is 0 Å². The summed E-state index contributed by atoms with van der Waals surface area (Å²) in [5, 5.41) is 4.78. The minimum Gasteiger partial charge on any atom is -0.456 e. The number of benzene rings is 8. The fourth-order valence-corrected chi connectivity index (χ4v) is 9.93. The predicted octanol–water partition coefficient (Wildman–Crippen LogP) is 14.4. The summed E-state index contributed by atoms with van der Waals surface area (Å²) in [6.07, 6.45) is 0. The maximum Gasteiger partial charge on any atom is 0.141 e. The van der Waals surface area contributed by atoms with E-state index in [0.717, 1.165) is 39.0 Å². The third-order valence-electron chi connectivity index (χ3n) is 11.4. The third-order valence-corrected chi connectivity index (χ3v) is 12.5. The Morgan fingerprint density at radius 3 is 1.85 bits per heavy atom. The molecule has 0 atom stereocenters. The van der Waals surface area contributed by atoms with Crippen LogP contribution in [0.5, 0.6) is 0 Å². The predicted molar refractivity (Wildman–Crippen MR) is 224 cm³/mol. The van der Waals surface area contributed by atoms with Gasteiger partial charge in [-0.05, 0) is 88.8 Å². The van der Waals surface area contributed by atoms with E-state index in [2.05, 4.69) is 194 Å². The van der Waals surface area contributed by atoms with Gasteiger partial charge in [0.05, 0.1) is 11.1 Å². The van der Waals surface area contributed by atoms with Crippen molar-refractivity contribution in [1.82, 2.24) is 0 Å². The summed E-state index contributed by atoms with van der Waals surface area (Å²) >= 11 is 1.85. The number of para-hydroxylation sites is 1. The summed E-state index contributed by atoms with van der Waals surface area (Å²) in [5.41, 5.74) is 13.4. The minimum absolute atomic E-state index is 0.408. The van der Waals surface area contributed by atoms with E-state index in [-0.39, 0.29) is 0 Å². The molecule has 10 aromatic rings. The quantitative estimate of drug-likeness (QED) is 0.178. The van der Waals surface area contributed by atoms with Crippen molar-refractivity contribution >= 4 is 70.5 Å². The van der Waals surface area contributed by atoms with Crippen molar-refractivity contribution in [2.24, 2.45) is 0 Å². The van der Waals surface area contributed by atoms with Gasteiger partial charge in [-0.2, -0.15) is 0 Å². The molecular weight excluding hydrogens is 663 g/mol. The molecule has 1 aliphatic carbocycles. The van der Waals surface area contributed by atoms with Crippen LogP contribution in [0.25, 0.3) is 64.4 Å². The van der Waals surface area contributed by atoms with Gasteiger partial charge in [-0.1, -0.05) is 133 Å². The molecule has 0 fully saturated rings. The zero-order chi connectivity index (χ0) is 35.1. The van der Waals surface area contributed by atoms with E-state index >= 15 is 0 Å². The molecule has 0 amide bonds. The zero-order valence-corrected chi connectivity index (χ0v) is 29.9. The highest BCUT2D eigenvalue weighted by Gasteiger charge is 2.42. The zero-order valence-electron chi connectivity index (χ0n) is 29.1. The average Bonchev–Trinajstić information content (AvgIpc) is 3.88. The summed E-state index contributed by atoms with van der Waals surface area (Å²) in [7, 11) is 0. The second-order valence-corrected chi connectivity index (χ2v) is 15.3. The summed E-state index contributed by atoms with van der Waals surface area (Å²) < 4.78 is 9.61. The van der Waals surface area contributed by atoms with Crippen molar-refractivity contribution in [3.63, 3.8) is 0 Å². The van der Waals surface area contributed by atoms with Gasteiger partial charge >= 0.3 is 0 Å². The lowest BCUT2D eigenvalue weighted by molar-refractivity contribution is 0.638. The molecule has 0 saturated heterocycles. The molecule has 0 aliphatic heterocycles. The number of furan rings is 1. The fourth-order valence-electron chi connectivity index (χ4n) is 8.85. The van der Waals surface area contributed by atoms with Gasteiger partial charge in [0, 0.05) is 47.9 Å². The molecule has 0 unspecified atom stereocenters. The number of nitrogens with zero attached hydrogens (tertiary/aromatic N) is 1. The number of hydrogen-bond acceptors (Lipinski definition) is 3.